The summed E-state index contributed by atoms with van der Waals surface area (Å²) in [6.07, 6.45) is 1.36. The van der Waals surface area contributed by atoms with Crippen molar-refractivity contribution in [3.8, 4) is 0 Å². The van der Waals surface area contributed by atoms with E-state index in [0.717, 1.165) is 17.8 Å². The Kier molecular flexibility index (Phi) is 5.96. The van der Waals surface area contributed by atoms with Crippen LogP contribution in [0.5, 0.6) is 0 Å². The van der Waals surface area contributed by atoms with Crippen LogP contribution in [0.3, 0.4) is 0 Å². The molecule has 0 aliphatic rings. The van der Waals surface area contributed by atoms with Gasteiger partial charge in [0.15, 0.2) is 0 Å². The van der Waals surface area contributed by atoms with E-state index in [4.69, 9.17) is 4.74 Å². The summed E-state index contributed by atoms with van der Waals surface area (Å²) in [5.74, 6) is -0.190. The van der Waals surface area contributed by atoms with Gasteiger partial charge in [-0.1, -0.05) is 37.3 Å². The molecule has 0 aliphatic heterocycles. The molecule has 112 valence electrons. The summed E-state index contributed by atoms with van der Waals surface area (Å²) in [4.78, 5) is 12.8. The van der Waals surface area contributed by atoms with Crippen molar-refractivity contribution < 1.29 is 9.53 Å². The van der Waals surface area contributed by atoms with Gasteiger partial charge < -0.3 is 10.1 Å². The quantitative estimate of drug-likeness (QED) is 0.793. The molecule has 21 heavy (non-hydrogen) atoms. The molecule has 0 saturated carbocycles. The third kappa shape index (κ3) is 4.41. The van der Waals surface area contributed by atoms with Gasteiger partial charge in [0.1, 0.15) is 0 Å². The van der Waals surface area contributed by atoms with Crippen LogP contribution in [-0.2, 0) is 22.5 Å². The van der Waals surface area contributed by atoms with Crippen molar-refractivity contribution in [2.75, 3.05) is 7.11 Å². The molecule has 1 atom stereocenters. The van der Waals surface area contributed by atoms with Gasteiger partial charge in [-0.25, -0.2) is 0 Å². The minimum absolute atomic E-state index is 0.00219. The third-order valence-corrected chi connectivity index (χ3v) is 4.51. The van der Waals surface area contributed by atoms with Crippen molar-refractivity contribution in [3.63, 3.8) is 0 Å². The van der Waals surface area contributed by atoms with Crippen LogP contribution >= 0.6 is 11.3 Å². The van der Waals surface area contributed by atoms with E-state index >= 15 is 0 Å². The van der Waals surface area contributed by atoms with Crippen LogP contribution in [0.2, 0.25) is 0 Å². The van der Waals surface area contributed by atoms with Crippen molar-refractivity contribution in [1.29, 1.82) is 0 Å². The van der Waals surface area contributed by atoms with Gasteiger partial charge in [0.25, 0.3) is 0 Å². The molecule has 0 fully saturated rings. The Morgan fingerprint density at radius 3 is 2.62 bits per heavy atom. The molecule has 1 unspecified atom stereocenters. The zero-order valence-corrected chi connectivity index (χ0v) is 13.3. The molecule has 0 spiro atoms. The van der Waals surface area contributed by atoms with Gasteiger partial charge in [-0.3, -0.25) is 4.79 Å². The molecule has 3 nitrogen and oxygen atoms in total. The lowest BCUT2D eigenvalue weighted by molar-refractivity contribution is -0.141. The van der Waals surface area contributed by atoms with Crippen LogP contribution in [0.1, 0.15) is 35.4 Å². The van der Waals surface area contributed by atoms with Crippen LogP contribution < -0.4 is 5.32 Å². The Morgan fingerprint density at radius 1 is 1.24 bits per heavy atom. The van der Waals surface area contributed by atoms with E-state index in [-0.39, 0.29) is 12.0 Å². The van der Waals surface area contributed by atoms with Gasteiger partial charge in [-0.15, -0.1) is 11.3 Å². The average Bonchev–Trinajstić information content (AvgIpc) is 3.05. The SMILES string of the molecule is CCc1ccccc1CNC(CC(=O)OC)c1cccs1. The summed E-state index contributed by atoms with van der Waals surface area (Å²) >= 11 is 1.66. The minimum Gasteiger partial charge on any atom is -0.469 e. The molecular formula is C17H21NO2S. The monoisotopic (exact) mass is 303 g/mol. The second-order valence-electron chi connectivity index (χ2n) is 4.85. The number of thiophene rings is 1. The van der Waals surface area contributed by atoms with Crippen LogP contribution in [0.4, 0.5) is 0 Å². The highest BCUT2D eigenvalue weighted by Crippen LogP contribution is 2.23. The van der Waals surface area contributed by atoms with Crippen molar-refractivity contribution in [1.82, 2.24) is 5.32 Å². The first kappa shape index (κ1) is 15.7. The van der Waals surface area contributed by atoms with Gasteiger partial charge in [0, 0.05) is 11.4 Å². The highest BCUT2D eigenvalue weighted by atomic mass is 32.1. The molecule has 1 aromatic carbocycles. The topological polar surface area (TPSA) is 38.3 Å². The molecule has 1 N–H and O–H groups in total. The molecule has 0 bridgehead atoms. The number of methoxy groups -OCH3 is 1. The number of hydrogen-bond donors (Lipinski definition) is 1. The molecule has 1 aromatic heterocycles. The van der Waals surface area contributed by atoms with E-state index in [1.807, 2.05) is 11.4 Å². The number of aryl methyl sites for hydroxylation is 1. The molecule has 1 heterocycles. The highest BCUT2D eigenvalue weighted by Gasteiger charge is 2.17. The number of rotatable bonds is 7. The Morgan fingerprint density at radius 2 is 2.00 bits per heavy atom. The summed E-state index contributed by atoms with van der Waals surface area (Å²) in [5.41, 5.74) is 2.62. The number of carbonyl (C=O) groups is 1. The lowest BCUT2D eigenvalue weighted by atomic mass is 10.0. The van der Waals surface area contributed by atoms with Crippen molar-refractivity contribution in [2.45, 2.75) is 32.4 Å². The van der Waals surface area contributed by atoms with E-state index in [0.29, 0.717) is 6.42 Å². The molecule has 4 heteroatoms. The largest absolute Gasteiger partial charge is 0.469 e. The maximum absolute atomic E-state index is 11.6. The average molecular weight is 303 g/mol. The molecule has 2 aromatic rings. The van der Waals surface area contributed by atoms with Crippen LogP contribution in [-0.4, -0.2) is 13.1 Å². The predicted octanol–water partition coefficient (Wildman–Crippen LogP) is 3.70. The first-order valence-electron chi connectivity index (χ1n) is 7.15. The Labute approximate surface area is 130 Å². The maximum Gasteiger partial charge on any atom is 0.307 e. The van der Waals surface area contributed by atoms with Crippen LogP contribution in [0.25, 0.3) is 0 Å². The summed E-state index contributed by atoms with van der Waals surface area (Å²) in [5, 5.41) is 5.52. The van der Waals surface area contributed by atoms with E-state index in [9.17, 15) is 4.79 Å². The maximum atomic E-state index is 11.6. The van der Waals surface area contributed by atoms with E-state index < -0.39 is 0 Å². The molecule has 0 radical (unpaired) electrons. The Bertz CT molecular complexity index is 566. The number of benzene rings is 1. The first-order valence-corrected chi connectivity index (χ1v) is 8.03. The number of hydrogen-bond acceptors (Lipinski definition) is 4. The highest BCUT2D eigenvalue weighted by molar-refractivity contribution is 7.10. The molecule has 2 rings (SSSR count). The normalized spacial score (nSPS) is 12.1. The summed E-state index contributed by atoms with van der Waals surface area (Å²) in [6, 6.07) is 12.5. The van der Waals surface area contributed by atoms with Crippen molar-refractivity contribution in [3.05, 3.63) is 57.8 Å². The van der Waals surface area contributed by atoms with Crippen LogP contribution in [0, 0.1) is 0 Å². The molecule has 0 aliphatic carbocycles. The molecule has 0 saturated heterocycles. The second-order valence-corrected chi connectivity index (χ2v) is 5.83. The Hall–Kier alpha value is -1.65. The van der Waals surface area contributed by atoms with Crippen molar-refractivity contribution >= 4 is 17.3 Å². The van der Waals surface area contributed by atoms with E-state index in [1.165, 1.54) is 18.2 Å². The van der Waals surface area contributed by atoms with Gasteiger partial charge in [-0.05, 0) is 29.0 Å². The minimum atomic E-state index is -0.190. The van der Waals surface area contributed by atoms with Gasteiger partial charge in [0.2, 0.25) is 0 Å². The fourth-order valence-corrected chi connectivity index (χ4v) is 3.12. The first-order chi connectivity index (χ1) is 10.2. The lowest BCUT2D eigenvalue weighted by Gasteiger charge is -2.17. The number of esters is 1. The standard InChI is InChI=1S/C17H21NO2S/c1-3-13-7-4-5-8-14(13)12-18-15(11-17(19)20-2)16-9-6-10-21-16/h4-10,15,18H,3,11-12H2,1-2H3. The van der Waals surface area contributed by atoms with Crippen molar-refractivity contribution in [2.24, 2.45) is 0 Å². The number of nitrogens with one attached hydrogen (secondary N) is 1. The summed E-state index contributed by atoms with van der Waals surface area (Å²) in [6.45, 7) is 2.91. The van der Waals surface area contributed by atoms with E-state index in [1.54, 1.807) is 11.3 Å². The lowest BCUT2D eigenvalue weighted by Crippen LogP contribution is -2.24. The molecule has 0 amide bonds. The second kappa shape index (κ2) is 7.96. The summed E-state index contributed by atoms with van der Waals surface area (Å²) < 4.78 is 4.80. The van der Waals surface area contributed by atoms with E-state index in [2.05, 4.69) is 42.6 Å². The summed E-state index contributed by atoms with van der Waals surface area (Å²) in [7, 11) is 1.43. The number of carbonyl (C=O) groups excluding carboxylic acids is 1. The molecular weight excluding hydrogens is 282 g/mol. The van der Waals surface area contributed by atoms with Gasteiger partial charge in [0.05, 0.1) is 19.6 Å². The van der Waals surface area contributed by atoms with Gasteiger partial charge >= 0.3 is 5.97 Å². The fourth-order valence-electron chi connectivity index (χ4n) is 2.32. The third-order valence-electron chi connectivity index (χ3n) is 3.52. The van der Waals surface area contributed by atoms with Gasteiger partial charge in [-0.2, -0.15) is 0 Å². The Balaban J connectivity index is 2.07. The smallest absolute Gasteiger partial charge is 0.307 e. The fraction of sp³-hybridized carbons (Fsp3) is 0.353. The number of ether oxygens (including phenoxy) is 1. The predicted molar refractivity (Wildman–Crippen MR) is 86.4 cm³/mol. The zero-order chi connectivity index (χ0) is 15.1. The zero-order valence-electron chi connectivity index (χ0n) is 12.5. The van der Waals surface area contributed by atoms with Crippen LogP contribution in [0.15, 0.2) is 41.8 Å².